The second-order valence-corrected chi connectivity index (χ2v) is 6.52. The average Bonchev–Trinajstić information content (AvgIpc) is 2.82. The summed E-state index contributed by atoms with van der Waals surface area (Å²) in [5.41, 5.74) is 2.09. The number of aromatic nitrogens is 2. The number of carbonyl (C=O) groups excluding carboxylic acids is 1. The van der Waals surface area contributed by atoms with Crippen molar-refractivity contribution < 1.29 is 24.1 Å². The number of pyridine rings is 2. The van der Waals surface area contributed by atoms with Crippen molar-refractivity contribution in [1.29, 1.82) is 0 Å². The Morgan fingerprint density at radius 3 is 2.38 bits per heavy atom. The average molecular weight is 433 g/mol. The Labute approximate surface area is 185 Å². The Morgan fingerprint density at radius 1 is 0.938 bits per heavy atom. The summed E-state index contributed by atoms with van der Waals surface area (Å²) in [5.74, 6) is 2.32. The number of carbonyl (C=O) groups is 1. The van der Waals surface area contributed by atoms with Gasteiger partial charge in [-0.25, -0.2) is 4.98 Å². The molecule has 0 aliphatic rings. The van der Waals surface area contributed by atoms with Gasteiger partial charge in [0.15, 0.2) is 23.0 Å². The summed E-state index contributed by atoms with van der Waals surface area (Å²) in [4.78, 5) is 18.8. The Balaban J connectivity index is 0.000000243. The van der Waals surface area contributed by atoms with Crippen molar-refractivity contribution in [3.63, 3.8) is 0 Å². The zero-order chi connectivity index (χ0) is 22.9. The van der Waals surface area contributed by atoms with Gasteiger partial charge in [-0.15, -0.1) is 0 Å². The van der Waals surface area contributed by atoms with E-state index >= 15 is 0 Å². The van der Waals surface area contributed by atoms with Crippen LogP contribution in [0.15, 0.2) is 66.9 Å². The Morgan fingerprint density at radius 2 is 1.69 bits per heavy atom. The molecule has 0 aliphatic carbocycles. The van der Waals surface area contributed by atoms with Crippen LogP contribution >= 0.6 is 0 Å². The van der Waals surface area contributed by atoms with E-state index in [0.717, 1.165) is 16.6 Å². The first-order valence-corrected chi connectivity index (χ1v) is 9.66. The fourth-order valence-electron chi connectivity index (χ4n) is 2.84. The highest BCUT2D eigenvalue weighted by Gasteiger charge is 2.06. The molecule has 4 rings (SSSR count). The molecule has 4 aromatic rings. The van der Waals surface area contributed by atoms with Crippen molar-refractivity contribution in [3.05, 3.63) is 72.6 Å². The van der Waals surface area contributed by atoms with Gasteiger partial charge in [-0.1, -0.05) is 12.1 Å². The number of aryl methyl sites for hydroxylation is 1. The number of aromatic hydroxyl groups is 1. The Bertz CT molecular complexity index is 1210. The van der Waals surface area contributed by atoms with Gasteiger partial charge in [0.1, 0.15) is 0 Å². The molecule has 0 saturated carbocycles. The van der Waals surface area contributed by atoms with Gasteiger partial charge in [0.25, 0.3) is 0 Å². The normalized spacial score (nSPS) is 9.97. The standard InChI is InChI=1S/C17H14N2O3.C7H9NO2/c1-21-15-4-2-3-5-16(15)22-17-9-6-12-10-13(18-11-20)7-8-14(12)19-17;1-5-7(9)6(10-2)3-4-8-5/h2-11H,1H3,(H,18,20);3-4,9H,1-2H3. The minimum atomic E-state index is 0.116. The number of hydrogen-bond acceptors (Lipinski definition) is 7. The number of hydrogen-bond donors (Lipinski definition) is 2. The van der Waals surface area contributed by atoms with Gasteiger partial charge in [0.05, 0.1) is 25.4 Å². The lowest BCUT2D eigenvalue weighted by molar-refractivity contribution is -0.105. The molecular formula is C24H23N3O5. The van der Waals surface area contributed by atoms with Gasteiger partial charge in [0, 0.05) is 29.4 Å². The van der Waals surface area contributed by atoms with E-state index in [1.807, 2.05) is 42.5 Å². The van der Waals surface area contributed by atoms with Crippen LogP contribution < -0.4 is 19.5 Å². The van der Waals surface area contributed by atoms with Crippen molar-refractivity contribution in [2.75, 3.05) is 19.5 Å². The minimum Gasteiger partial charge on any atom is -0.503 e. The van der Waals surface area contributed by atoms with Crippen LogP contribution in [0.4, 0.5) is 5.69 Å². The molecule has 1 amide bonds. The van der Waals surface area contributed by atoms with Crippen molar-refractivity contribution in [1.82, 2.24) is 9.97 Å². The molecule has 0 radical (unpaired) electrons. The molecule has 8 nitrogen and oxygen atoms in total. The molecule has 2 N–H and O–H groups in total. The van der Waals surface area contributed by atoms with Crippen molar-refractivity contribution >= 4 is 23.0 Å². The number of methoxy groups -OCH3 is 2. The van der Waals surface area contributed by atoms with Gasteiger partial charge in [0.2, 0.25) is 12.3 Å². The van der Waals surface area contributed by atoms with E-state index in [4.69, 9.17) is 14.2 Å². The largest absolute Gasteiger partial charge is 0.503 e. The zero-order valence-corrected chi connectivity index (χ0v) is 17.9. The molecule has 0 bridgehead atoms. The Kier molecular flexibility index (Phi) is 7.42. The maximum absolute atomic E-state index is 10.5. The van der Waals surface area contributed by atoms with Crippen LogP contribution in [-0.2, 0) is 4.79 Å². The fraction of sp³-hybridized carbons (Fsp3) is 0.125. The number of amides is 1. The third kappa shape index (κ3) is 5.42. The number of para-hydroxylation sites is 2. The van der Waals surface area contributed by atoms with Crippen LogP contribution in [0.3, 0.4) is 0 Å². The first kappa shape index (κ1) is 22.4. The van der Waals surface area contributed by atoms with Crippen LogP contribution in [0.25, 0.3) is 10.9 Å². The lowest BCUT2D eigenvalue weighted by Crippen LogP contribution is -1.94. The van der Waals surface area contributed by atoms with Gasteiger partial charge >= 0.3 is 0 Å². The third-order valence-corrected chi connectivity index (χ3v) is 4.46. The predicted molar refractivity (Wildman–Crippen MR) is 122 cm³/mol. The highest BCUT2D eigenvalue weighted by Crippen LogP contribution is 2.31. The summed E-state index contributed by atoms with van der Waals surface area (Å²) in [6.07, 6.45) is 2.24. The summed E-state index contributed by atoms with van der Waals surface area (Å²) >= 11 is 0. The first-order chi connectivity index (χ1) is 15.5. The summed E-state index contributed by atoms with van der Waals surface area (Å²) in [6.45, 7) is 1.72. The number of ether oxygens (including phenoxy) is 3. The van der Waals surface area contributed by atoms with Crippen LogP contribution in [0, 0.1) is 6.92 Å². The van der Waals surface area contributed by atoms with Gasteiger partial charge < -0.3 is 24.6 Å². The lowest BCUT2D eigenvalue weighted by atomic mass is 10.2. The van der Waals surface area contributed by atoms with E-state index < -0.39 is 0 Å². The molecule has 0 saturated heterocycles. The molecule has 2 heterocycles. The second-order valence-electron chi connectivity index (χ2n) is 6.52. The van der Waals surface area contributed by atoms with E-state index in [0.29, 0.717) is 35.2 Å². The molecule has 32 heavy (non-hydrogen) atoms. The molecule has 0 atom stereocenters. The highest BCUT2D eigenvalue weighted by atomic mass is 16.5. The van der Waals surface area contributed by atoms with Crippen LogP contribution in [-0.4, -0.2) is 35.7 Å². The molecule has 8 heteroatoms. The molecular weight excluding hydrogens is 410 g/mol. The van der Waals surface area contributed by atoms with Gasteiger partial charge in [-0.3, -0.25) is 9.78 Å². The van der Waals surface area contributed by atoms with E-state index in [1.165, 1.54) is 7.11 Å². The molecule has 164 valence electrons. The number of nitrogens with zero attached hydrogens (tertiary/aromatic N) is 2. The topological polar surface area (TPSA) is 103 Å². The number of anilines is 1. The van der Waals surface area contributed by atoms with E-state index in [9.17, 15) is 9.90 Å². The summed E-state index contributed by atoms with van der Waals surface area (Å²) in [6, 6.07) is 18.1. The second kappa shape index (κ2) is 10.6. The number of benzene rings is 2. The van der Waals surface area contributed by atoms with Crippen LogP contribution in [0.5, 0.6) is 28.9 Å². The molecule has 0 aliphatic heterocycles. The van der Waals surface area contributed by atoms with Crippen molar-refractivity contribution in [2.24, 2.45) is 0 Å². The smallest absolute Gasteiger partial charge is 0.219 e. The Hall–Kier alpha value is -4.33. The lowest BCUT2D eigenvalue weighted by Gasteiger charge is -2.10. The molecule has 0 fully saturated rings. The van der Waals surface area contributed by atoms with Gasteiger partial charge in [-0.05, 0) is 43.3 Å². The van der Waals surface area contributed by atoms with E-state index in [1.54, 1.807) is 38.4 Å². The maximum atomic E-state index is 10.5. The maximum Gasteiger partial charge on any atom is 0.219 e. The first-order valence-electron chi connectivity index (χ1n) is 9.66. The highest BCUT2D eigenvalue weighted by molar-refractivity contribution is 5.85. The molecule has 0 unspecified atom stereocenters. The van der Waals surface area contributed by atoms with Gasteiger partial charge in [-0.2, -0.15) is 0 Å². The quantitative estimate of drug-likeness (QED) is 0.425. The molecule has 2 aromatic carbocycles. The SMILES string of the molecule is COc1ccccc1Oc1ccc2cc(NC=O)ccc2n1.COc1ccnc(C)c1O. The van der Waals surface area contributed by atoms with Crippen molar-refractivity contribution in [2.45, 2.75) is 6.92 Å². The summed E-state index contributed by atoms with van der Waals surface area (Å²) in [7, 11) is 3.10. The minimum absolute atomic E-state index is 0.116. The number of fused-ring (bicyclic) bond motifs is 1. The predicted octanol–water partition coefficient (Wildman–Crippen LogP) is 4.71. The molecule has 0 spiro atoms. The van der Waals surface area contributed by atoms with Crippen LogP contribution in [0.2, 0.25) is 0 Å². The molecule has 2 aromatic heterocycles. The van der Waals surface area contributed by atoms with E-state index in [-0.39, 0.29) is 5.75 Å². The monoisotopic (exact) mass is 433 g/mol. The van der Waals surface area contributed by atoms with Crippen molar-refractivity contribution in [3.8, 4) is 28.9 Å². The summed E-state index contributed by atoms with van der Waals surface area (Å²) < 4.78 is 15.9. The van der Waals surface area contributed by atoms with Crippen LogP contribution in [0.1, 0.15) is 5.69 Å². The zero-order valence-electron chi connectivity index (χ0n) is 17.9. The fourth-order valence-corrected chi connectivity index (χ4v) is 2.84. The van der Waals surface area contributed by atoms with E-state index in [2.05, 4.69) is 15.3 Å². The third-order valence-electron chi connectivity index (χ3n) is 4.46. The number of nitrogens with one attached hydrogen (secondary N) is 1. The number of rotatable bonds is 6. The summed E-state index contributed by atoms with van der Waals surface area (Å²) in [5, 5.41) is 12.7.